The number of rotatable bonds is 5. The van der Waals surface area contributed by atoms with E-state index in [2.05, 4.69) is 10.3 Å². The third kappa shape index (κ3) is 3.69. The summed E-state index contributed by atoms with van der Waals surface area (Å²) in [5.41, 5.74) is 0.630. The zero-order valence-electron chi connectivity index (χ0n) is 11.8. The van der Waals surface area contributed by atoms with Crippen LogP contribution in [0.25, 0.3) is 6.08 Å². The average molecular weight is 298 g/mol. The second-order valence-electron chi connectivity index (χ2n) is 4.30. The molecule has 2 aromatic rings. The Balaban J connectivity index is 2.29. The number of carboxylic acids is 1. The molecule has 1 amide bonds. The number of aliphatic carboxylic acids is 1. The van der Waals surface area contributed by atoms with Gasteiger partial charge in [0, 0.05) is 23.5 Å². The summed E-state index contributed by atoms with van der Waals surface area (Å²) >= 11 is 0. The molecule has 1 aromatic carbocycles. The number of amides is 1. The van der Waals surface area contributed by atoms with Gasteiger partial charge in [-0.25, -0.2) is 4.79 Å². The normalized spacial score (nSPS) is 10.9. The molecular formula is C16H14N2O4. The third-order valence-corrected chi connectivity index (χ3v) is 2.86. The highest BCUT2D eigenvalue weighted by molar-refractivity contribution is 6.02. The Kier molecular flexibility index (Phi) is 4.87. The van der Waals surface area contributed by atoms with Gasteiger partial charge >= 0.3 is 5.97 Å². The SMILES string of the molecule is COc1ccccc1C=C(NC(=O)c1ccncc1)C(=O)O. The molecule has 0 fully saturated rings. The predicted molar refractivity (Wildman–Crippen MR) is 80.3 cm³/mol. The van der Waals surface area contributed by atoms with Gasteiger partial charge in [0.25, 0.3) is 5.91 Å². The number of hydrogen-bond acceptors (Lipinski definition) is 4. The minimum absolute atomic E-state index is 0.244. The van der Waals surface area contributed by atoms with Gasteiger partial charge in [0.15, 0.2) is 0 Å². The van der Waals surface area contributed by atoms with E-state index in [0.29, 0.717) is 16.9 Å². The fourth-order valence-electron chi connectivity index (χ4n) is 1.79. The Morgan fingerprint density at radius 3 is 2.50 bits per heavy atom. The second kappa shape index (κ2) is 7.03. The maximum absolute atomic E-state index is 12.0. The van der Waals surface area contributed by atoms with E-state index >= 15 is 0 Å². The van der Waals surface area contributed by atoms with Gasteiger partial charge in [0.1, 0.15) is 11.4 Å². The number of carboxylic acid groups (broad SMARTS) is 1. The molecule has 0 spiro atoms. The minimum Gasteiger partial charge on any atom is -0.496 e. The highest BCUT2D eigenvalue weighted by Gasteiger charge is 2.14. The number of methoxy groups -OCH3 is 1. The molecule has 6 heteroatoms. The van der Waals surface area contributed by atoms with Crippen molar-refractivity contribution in [1.82, 2.24) is 10.3 Å². The number of nitrogens with one attached hydrogen (secondary N) is 1. The molecule has 0 saturated heterocycles. The number of benzene rings is 1. The van der Waals surface area contributed by atoms with Gasteiger partial charge in [-0.3, -0.25) is 9.78 Å². The van der Waals surface area contributed by atoms with Crippen molar-refractivity contribution < 1.29 is 19.4 Å². The molecule has 0 aliphatic heterocycles. The van der Waals surface area contributed by atoms with Crippen LogP contribution < -0.4 is 10.1 Å². The van der Waals surface area contributed by atoms with E-state index in [-0.39, 0.29) is 5.70 Å². The van der Waals surface area contributed by atoms with E-state index in [0.717, 1.165) is 0 Å². The summed E-state index contributed by atoms with van der Waals surface area (Å²) in [5, 5.41) is 11.6. The number of pyridine rings is 1. The van der Waals surface area contributed by atoms with Crippen molar-refractivity contribution in [1.29, 1.82) is 0 Å². The Bertz CT molecular complexity index is 711. The van der Waals surface area contributed by atoms with Crippen LogP contribution >= 0.6 is 0 Å². The smallest absolute Gasteiger partial charge is 0.352 e. The monoisotopic (exact) mass is 298 g/mol. The minimum atomic E-state index is -1.24. The summed E-state index contributed by atoms with van der Waals surface area (Å²) in [7, 11) is 1.49. The first-order chi connectivity index (χ1) is 10.6. The molecule has 0 unspecified atom stereocenters. The first kappa shape index (κ1) is 15.2. The molecule has 0 radical (unpaired) electrons. The second-order valence-corrected chi connectivity index (χ2v) is 4.30. The van der Waals surface area contributed by atoms with Gasteiger partial charge in [-0.1, -0.05) is 18.2 Å². The molecular weight excluding hydrogens is 284 g/mol. The summed E-state index contributed by atoms with van der Waals surface area (Å²) < 4.78 is 5.16. The van der Waals surface area contributed by atoms with Crippen LogP contribution in [0.15, 0.2) is 54.5 Å². The van der Waals surface area contributed by atoms with Crippen LogP contribution in [0.5, 0.6) is 5.75 Å². The number of ether oxygens (including phenoxy) is 1. The average Bonchev–Trinajstić information content (AvgIpc) is 2.55. The van der Waals surface area contributed by atoms with E-state index in [9.17, 15) is 14.7 Å². The highest BCUT2D eigenvalue weighted by Crippen LogP contribution is 2.20. The third-order valence-electron chi connectivity index (χ3n) is 2.86. The molecule has 0 aliphatic rings. The summed E-state index contributed by atoms with van der Waals surface area (Å²) in [6.07, 6.45) is 4.26. The molecule has 112 valence electrons. The van der Waals surface area contributed by atoms with E-state index < -0.39 is 11.9 Å². The molecule has 6 nitrogen and oxygen atoms in total. The van der Waals surface area contributed by atoms with Gasteiger partial charge in [-0.15, -0.1) is 0 Å². The molecule has 0 bridgehead atoms. The summed E-state index contributed by atoms with van der Waals surface area (Å²) in [6, 6.07) is 9.91. The Morgan fingerprint density at radius 1 is 1.18 bits per heavy atom. The summed E-state index contributed by atoms with van der Waals surface area (Å²) in [5.74, 6) is -1.25. The summed E-state index contributed by atoms with van der Waals surface area (Å²) in [6.45, 7) is 0. The lowest BCUT2D eigenvalue weighted by Crippen LogP contribution is -2.27. The van der Waals surface area contributed by atoms with Crippen LogP contribution in [-0.4, -0.2) is 29.1 Å². The first-order valence-corrected chi connectivity index (χ1v) is 6.41. The molecule has 1 heterocycles. The van der Waals surface area contributed by atoms with Crippen LogP contribution in [0.3, 0.4) is 0 Å². The topological polar surface area (TPSA) is 88.5 Å². The van der Waals surface area contributed by atoms with Crippen LogP contribution in [0.4, 0.5) is 0 Å². The zero-order valence-corrected chi connectivity index (χ0v) is 11.8. The Morgan fingerprint density at radius 2 is 1.86 bits per heavy atom. The first-order valence-electron chi connectivity index (χ1n) is 6.41. The van der Waals surface area contributed by atoms with E-state index in [1.807, 2.05) is 0 Å². The highest BCUT2D eigenvalue weighted by atomic mass is 16.5. The van der Waals surface area contributed by atoms with E-state index in [1.54, 1.807) is 24.3 Å². The lowest BCUT2D eigenvalue weighted by Gasteiger charge is -2.08. The molecule has 0 saturated carbocycles. The zero-order chi connectivity index (χ0) is 15.9. The van der Waals surface area contributed by atoms with Gasteiger partial charge in [0.2, 0.25) is 0 Å². The number of para-hydroxylation sites is 1. The van der Waals surface area contributed by atoms with Crippen molar-refractivity contribution in [3.05, 3.63) is 65.6 Å². The fourth-order valence-corrected chi connectivity index (χ4v) is 1.79. The maximum Gasteiger partial charge on any atom is 0.352 e. The van der Waals surface area contributed by atoms with Gasteiger partial charge in [-0.2, -0.15) is 0 Å². The van der Waals surface area contributed by atoms with Crippen molar-refractivity contribution >= 4 is 18.0 Å². The lowest BCUT2D eigenvalue weighted by atomic mass is 10.1. The molecule has 0 aliphatic carbocycles. The molecule has 22 heavy (non-hydrogen) atoms. The Hall–Kier alpha value is -3.15. The predicted octanol–water partition coefficient (Wildman–Crippen LogP) is 1.95. The van der Waals surface area contributed by atoms with Crippen molar-refractivity contribution in [2.45, 2.75) is 0 Å². The van der Waals surface area contributed by atoms with Crippen molar-refractivity contribution in [3.8, 4) is 5.75 Å². The van der Waals surface area contributed by atoms with Gasteiger partial charge < -0.3 is 15.2 Å². The quantitative estimate of drug-likeness (QED) is 0.824. The van der Waals surface area contributed by atoms with Crippen LogP contribution in [0.2, 0.25) is 0 Å². The molecule has 1 aromatic heterocycles. The number of carbonyl (C=O) groups excluding carboxylic acids is 1. The van der Waals surface area contributed by atoms with Crippen LogP contribution in [0.1, 0.15) is 15.9 Å². The van der Waals surface area contributed by atoms with E-state index in [1.165, 1.54) is 37.7 Å². The van der Waals surface area contributed by atoms with Crippen LogP contribution in [-0.2, 0) is 4.79 Å². The standard InChI is InChI=1S/C16H14N2O4/c1-22-14-5-3-2-4-12(14)10-13(16(20)21)18-15(19)11-6-8-17-9-7-11/h2-10H,1H3,(H,18,19)(H,20,21). The number of hydrogen-bond donors (Lipinski definition) is 2. The maximum atomic E-state index is 12.0. The fraction of sp³-hybridized carbons (Fsp3) is 0.0625. The number of carbonyl (C=O) groups is 2. The summed E-state index contributed by atoms with van der Waals surface area (Å²) in [4.78, 5) is 27.2. The van der Waals surface area contributed by atoms with Crippen molar-refractivity contribution in [2.24, 2.45) is 0 Å². The van der Waals surface area contributed by atoms with Gasteiger partial charge in [0.05, 0.1) is 7.11 Å². The van der Waals surface area contributed by atoms with Crippen molar-refractivity contribution in [3.63, 3.8) is 0 Å². The number of nitrogens with zero attached hydrogens (tertiary/aromatic N) is 1. The Labute approximate surface area is 127 Å². The van der Waals surface area contributed by atoms with Gasteiger partial charge in [-0.05, 0) is 24.3 Å². The molecule has 2 N–H and O–H groups in total. The molecule has 2 rings (SSSR count). The van der Waals surface area contributed by atoms with Crippen LogP contribution in [0, 0.1) is 0 Å². The molecule has 0 atom stereocenters. The largest absolute Gasteiger partial charge is 0.496 e. The van der Waals surface area contributed by atoms with E-state index in [4.69, 9.17) is 4.74 Å². The van der Waals surface area contributed by atoms with Crippen molar-refractivity contribution in [2.75, 3.05) is 7.11 Å². The lowest BCUT2D eigenvalue weighted by molar-refractivity contribution is -0.132. The number of aromatic nitrogens is 1.